The molecule has 0 aromatic carbocycles. The third-order valence-corrected chi connectivity index (χ3v) is 9.21. The molecule has 1 saturated heterocycles. The lowest BCUT2D eigenvalue weighted by Gasteiger charge is -2.37. The molecule has 0 amide bonds. The Bertz CT molecular complexity index is 1320. The maximum atomic E-state index is 13.0. The summed E-state index contributed by atoms with van der Waals surface area (Å²) in [5.41, 5.74) is 0.502. The largest absolute Gasteiger partial charge is 0.469 e. The predicted octanol–water partition coefficient (Wildman–Crippen LogP) is 5.29. The minimum atomic E-state index is -4.45. The number of hydrogen-bond acceptors (Lipinski definition) is 7. The minimum absolute atomic E-state index is 0.00282. The fourth-order valence-electron chi connectivity index (χ4n) is 6.73. The molecule has 0 unspecified atom stereocenters. The summed E-state index contributed by atoms with van der Waals surface area (Å²) in [6.45, 7) is 2.85. The van der Waals surface area contributed by atoms with Crippen molar-refractivity contribution >= 4 is 12.4 Å². The fraction of sp³-hybridized carbons (Fsp3) is 0.633. The van der Waals surface area contributed by atoms with Gasteiger partial charge in [0.1, 0.15) is 18.6 Å². The quantitative estimate of drug-likeness (QED) is 0.411. The summed E-state index contributed by atoms with van der Waals surface area (Å²) >= 11 is 0. The zero-order valence-electron chi connectivity index (χ0n) is 24.0. The van der Waals surface area contributed by atoms with Crippen molar-refractivity contribution in [3.05, 3.63) is 47.3 Å². The van der Waals surface area contributed by atoms with E-state index in [1.54, 1.807) is 0 Å². The lowest BCUT2D eigenvalue weighted by molar-refractivity contribution is -0.455. The van der Waals surface area contributed by atoms with E-state index < -0.39 is 11.7 Å². The number of ether oxygens (including phenoxy) is 2. The maximum Gasteiger partial charge on any atom is 0.416 e. The SMILES string of the molecule is Cn1c(COc2cc(C(F)(F)F)ccn2)nnc1C1CCC(C2=C/[N+](=C\C3CCC(N4CCCOC4)CC3)N=C2)CC1. The van der Waals surface area contributed by atoms with Gasteiger partial charge in [-0.15, -0.1) is 10.2 Å². The van der Waals surface area contributed by atoms with E-state index in [0.29, 0.717) is 23.7 Å². The molecule has 2 aromatic rings. The third-order valence-electron chi connectivity index (χ3n) is 9.21. The van der Waals surface area contributed by atoms with E-state index >= 15 is 0 Å². The Labute approximate surface area is 244 Å². The Morgan fingerprint density at radius 3 is 2.60 bits per heavy atom. The van der Waals surface area contributed by atoms with Crippen LogP contribution in [0.3, 0.4) is 0 Å². The molecular formula is C30H39F3N7O2+. The molecule has 226 valence electrons. The molecule has 0 spiro atoms. The topological polar surface area (TPSA) is 80.7 Å². The zero-order valence-corrected chi connectivity index (χ0v) is 24.0. The molecule has 6 rings (SSSR count). The van der Waals surface area contributed by atoms with Crippen LogP contribution in [0.5, 0.6) is 5.88 Å². The van der Waals surface area contributed by atoms with Crippen LogP contribution in [0.1, 0.15) is 80.9 Å². The molecule has 0 N–H and O–H groups in total. The highest BCUT2D eigenvalue weighted by Crippen LogP contribution is 2.38. The average Bonchev–Trinajstić information content (AvgIpc) is 3.63. The van der Waals surface area contributed by atoms with Gasteiger partial charge in [-0.25, -0.2) is 4.98 Å². The molecule has 0 radical (unpaired) electrons. The Morgan fingerprint density at radius 1 is 1.07 bits per heavy atom. The van der Waals surface area contributed by atoms with Gasteiger partial charge >= 0.3 is 6.18 Å². The summed E-state index contributed by atoms with van der Waals surface area (Å²) in [5.74, 6) is 2.67. The molecule has 2 saturated carbocycles. The summed E-state index contributed by atoms with van der Waals surface area (Å²) in [5, 5.41) is 13.3. The molecule has 0 bridgehead atoms. The molecule has 4 aliphatic rings. The van der Waals surface area contributed by atoms with E-state index in [1.807, 2.05) is 22.5 Å². The molecule has 0 atom stereocenters. The number of rotatable bonds is 7. The van der Waals surface area contributed by atoms with E-state index in [2.05, 4.69) is 37.6 Å². The first-order valence-corrected chi connectivity index (χ1v) is 15.1. The fourth-order valence-corrected chi connectivity index (χ4v) is 6.73. The van der Waals surface area contributed by atoms with Crippen molar-refractivity contribution in [3.63, 3.8) is 0 Å². The van der Waals surface area contributed by atoms with Crippen molar-refractivity contribution in [1.29, 1.82) is 0 Å². The van der Waals surface area contributed by atoms with Crippen molar-refractivity contribution in [3.8, 4) is 5.88 Å². The van der Waals surface area contributed by atoms with Gasteiger partial charge < -0.3 is 14.0 Å². The number of aromatic nitrogens is 4. The van der Waals surface area contributed by atoms with Gasteiger partial charge in [0.05, 0.1) is 12.3 Å². The summed E-state index contributed by atoms with van der Waals surface area (Å²) in [7, 11) is 1.88. The van der Waals surface area contributed by atoms with Crippen LogP contribution < -0.4 is 4.74 Å². The summed E-state index contributed by atoms with van der Waals surface area (Å²) < 4.78 is 54.1. The predicted molar refractivity (Wildman–Crippen MR) is 150 cm³/mol. The first-order valence-electron chi connectivity index (χ1n) is 15.1. The van der Waals surface area contributed by atoms with Gasteiger partial charge in [-0.1, -0.05) is 4.68 Å². The second kappa shape index (κ2) is 12.6. The molecular weight excluding hydrogens is 547 g/mol. The van der Waals surface area contributed by atoms with Gasteiger partial charge in [-0.3, -0.25) is 4.90 Å². The Morgan fingerprint density at radius 2 is 1.86 bits per heavy atom. The van der Waals surface area contributed by atoms with Crippen LogP contribution >= 0.6 is 0 Å². The van der Waals surface area contributed by atoms with Crippen LogP contribution in [0, 0.1) is 11.8 Å². The highest BCUT2D eigenvalue weighted by Gasteiger charge is 2.33. The highest BCUT2D eigenvalue weighted by molar-refractivity contribution is 5.80. The van der Waals surface area contributed by atoms with E-state index in [0.717, 1.165) is 76.1 Å². The van der Waals surface area contributed by atoms with E-state index in [4.69, 9.17) is 9.47 Å². The van der Waals surface area contributed by atoms with Crippen molar-refractivity contribution < 1.29 is 27.3 Å². The number of nitrogens with zero attached hydrogens (tertiary/aromatic N) is 7. The number of halogens is 3. The second-order valence-corrected chi connectivity index (χ2v) is 11.9. The molecule has 9 nitrogen and oxygen atoms in total. The van der Waals surface area contributed by atoms with Gasteiger partial charge in [-0.05, 0) is 74.9 Å². The van der Waals surface area contributed by atoms with Gasteiger partial charge in [0.15, 0.2) is 12.0 Å². The van der Waals surface area contributed by atoms with Gasteiger partial charge in [0.2, 0.25) is 12.1 Å². The van der Waals surface area contributed by atoms with Crippen LogP contribution in [0.2, 0.25) is 0 Å². The lowest BCUT2D eigenvalue weighted by atomic mass is 9.78. The molecule has 42 heavy (non-hydrogen) atoms. The third kappa shape index (κ3) is 6.75. The Balaban J connectivity index is 0.984. The molecule has 12 heteroatoms. The number of hydrogen-bond donors (Lipinski definition) is 0. The van der Waals surface area contributed by atoms with Crippen LogP contribution in [0.4, 0.5) is 13.2 Å². The van der Waals surface area contributed by atoms with Gasteiger partial charge in [0.25, 0.3) is 0 Å². The average molecular weight is 587 g/mol. The van der Waals surface area contributed by atoms with Crippen molar-refractivity contribution in [2.45, 2.75) is 82.5 Å². The lowest BCUT2D eigenvalue weighted by Crippen LogP contribution is -2.43. The first-order chi connectivity index (χ1) is 20.3. The van der Waals surface area contributed by atoms with Crippen LogP contribution in [-0.4, -0.2) is 67.7 Å². The maximum absolute atomic E-state index is 13.0. The number of allylic oxidation sites excluding steroid dienone is 1. The molecule has 4 heterocycles. The highest BCUT2D eigenvalue weighted by atomic mass is 19.4. The Kier molecular flexibility index (Phi) is 8.71. The number of hydrazone groups is 1. The summed E-state index contributed by atoms with van der Waals surface area (Å²) in [4.78, 5) is 6.40. The number of alkyl halides is 3. The molecule has 3 fully saturated rings. The summed E-state index contributed by atoms with van der Waals surface area (Å²) in [6, 6.07) is 2.48. The van der Waals surface area contributed by atoms with Crippen LogP contribution in [0.25, 0.3) is 0 Å². The van der Waals surface area contributed by atoms with Crippen molar-refractivity contribution in [2.24, 2.45) is 24.0 Å². The van der Waals surface area contributed by atoms with E-state index in [9.17, 15) is 13.2 Å². The van der Waals surface area contributed by atoms with Crippen LogP contribution in [0.15, 0.2) is 35.2 Å². The minimum Gasteiger partial charge on any atom is -0.469 e. The standard InChI is InChI=1S/C30H39F3N7O2/c1-38-27(19-42-28-15-25(11-12-34-28)30(31,32)33)36-37-29(38)23-7-5-22(6-8-23)24-16-35-40(18-24)17-21-3-9-26(10-4-21)39-13-2-14-41-20-39/h11-12,15-18,21-23,26H,2-10,13-14,19-20H2,1H3/q+1/b40-17+. The van der Waals surface area contributed by atoms with E-state index in [1.165, 1.54) is 31.3 Å². The first kappa shape index (κ1) is 29.0. The molecule has 2 aromatic heterocycles. The second-order valence-electron chi connectivity index (χ2n) is 11.9. The summed E-state index contributed by atoms with van der Waals surface area (Å²) in [6.07, 6.45) is 13.2. The van der Waals surface area contributed by atoms with Gasteiger partial charge in [0, 0.05) is 55.9 Å². The van der Waals surface area contributed by atoms with Gasteiger partial charge in [-0.2, -0.15) is 13.2 Å². The van der Waals surface area contributed by atoms with E-state index in [-0.39, 0.29) is 18.4 Å². The molecule has 2 aliphatic heterocycles. The normalized spacial score (nSPS) is 28.3. The zero-order chi connectivity index (χ0) is 29.1. The van der Waals surface area contributed by atoms with Crippen LogP contribution in [-0.2, 0) is 24.6 Å². The van der Waals surface area contributed by atoms with Crippen molar-refractivity contribution in [2.75, 3.05) is 19.9 Å². The number of pyridine rings is 1. The Hall–Kier alpha value is -3.12. The smallest absolute Gasteiger partial charge is 0.416 e. The van der Waals surface area contributed by atoms with Crippen molar-refractivity contribution in [1.82, 2.24) is 24.6 Å². The monoisotopic (exact) mass is 586 g/mol. The molecule has 2 aliphatic carbocycles.